The number of amides is 2. The molecule has 2 aromatic heterocycles. The Hall–Kier alpha value is -4.50. The van der Waals surface area contributed by atoms with Gasteiger partial charge in [-0.1, -0.05) is 40.5 Å². The Morgan fingerprint density at radius 3 is 2.48 bits per heavy atom. The summed E-state index contributed by atoms with van der Waals surface area (Å²) >= 11 is 13.3. The van der Waals surface area contributed by atoms with E-state index in [0.717, 1.165) is 16.6 Å². The molecule has 2 aliphatic heterocycles. The Morgan fingerprint density at radius 1 is 1.04 bits per heavy atom. The third-order valence-corrected chi connectivity index (χ3v) is 11.8. The van der Waals surface area contributed by atoms with E-state index >= 15 is 0 Å². The fraction of sp³-hybridized carbons (Fsp3) is 0.324. The van der Waals surface area contributed by atoms with Crippen molar-refractivity contribution in [2.45, 2.75) is 44.2 Å². The monoisotopic (exact) mass is 739 g/mol. The highest BCUT2D eigenvalue weighted by Gasteiger charge is 2.43. The van der Waals surface area contributed by atoms with Crippen molar-refractivity contribution in [3.8, 4) is 5.75 Å². The number of fused-ring (bicyclic) bond motifs is 1. The Balaban J connectivity index is 1.15. The number of benzene rings is 2. The van der Waals surface area contributed by atoms with Crippen molar-refractivity contribution in [1.82, 2.24) is 24.1 Å². The number of amidine groups is 1. The second kappa shape index (κ2) is 14.4. The summed E-state index contributed by atoms with van der Waals surface area (Å²) in [5.74, 6) is -0.275. The summed E-state index contributed by atoms with van der Waals surface area (Å²) in [4.78, 5) is 38.6. The Morgan fingerprint density at radius 2 is 1.78 bits per heavy atom. The number of hydrogen-bond donors (Lipinski definition) is 2. The largest absolute Gasteiger partial charge is 0.487 e. The number of carbonyl (C=O) groups is 2. The second-order valence-electron chi connectivity index (χ2n) is 12.2. The lowest BCUT2D eigenvalue weighted by Crippen LogP contribution is -2.55. The number of sulfonamides is 1. The topological polar surface area (TPSA) is 172 Å². The van der Waals surface area contributed by atoms with Crippen LogP contribution in [0.25, 0.3) is 10.9 Å². The van der Waals surface area contributed by atoms with Gasteiger partial charge in [0.1, 0.15) is 34.5 Å². The van der Waals surface area contributed by atoms with Gasteiger partial charge in [0.2, 0.25) is 15.9 Å². The Labute approximate surface area is 299 Å². The number of halogens is 2. The highest BCUT2D eigenvalue weighted by molar-refractivity contribution is 7.89. The van der Waals surface area contributed by atoms with Crippen molar-refractivity contribution in [3.63, 3.8) is 0 Å². The molecule has 2 aromatic carbocycles. The molecule has 6 rings (SSSR count). The van der Waals surface area contributed by atoms with Crippen LogP contribution < -0.4 is 10.5 Å². The number of para-hydroxylation sites is 1. The molecule has 50 heavy (non-hydrogen) atoms. The normalized spacial score (nSPS) is 17.4. The molecule has 0 unspecified atom stereocenters. The number of aryl methyl sites for hydroxylation is 2. The third kappa shape index (κ3) is 6.80. The molecule has 2 fully saturated rings. The summed E-state index contributed by atoms with van der Waals surface area (Å²) in [5, 5.41) is 12.9. The van der Waals surface area contributed by atoms with Crippen molar-refractivity contribution in [3.05, 3.63) is 92.9 Å². The zero-order valence-corrected chi connectivity index (χ0v) is 29.7. The molecule has 262 valence electrons. The molecule has 0 aliphatic carbocycles. The zero-order valence-electron chi connectivity index (χ0n) is 27.3. The maximum atomic E-state index is 14.1. The van der Waals surface area contributed by atoms with Gasteiger partial charge in [-0.05, 0) is 68.7 Å². The average molecular weight is 741 g/mol. The van der Waals surface area contributed by atoms with Crippen LogP contribution in [0.2, 0.25) is 10.0 Å². The predicted molar refractivity (Wildman–Crippen MR) is 188 cm³/mol. The van der Waals surface area contributed by atoms with E-state index in [1.807, 2.05) is 32.0 Å². The second-order valence-corrected chi connectivity index (χ2v) is 14.8. The van der Waals surface area contributed by atoms with Crippen molar-refractivity contribution < 1.29 is 28.0 Å². The standard InChI is InChI=1S/C34H35Cl2N7O6S/c1-20-17-21(2)39-31-23(20)5-3-7-28(31)49-19-24-25(35)9-11-29(30(24)36)50(47,48)43-12-4-6-27(43)34(45)42-15-13-41(14-16-42)33(44)26-10-8-22(18-38-26)32(37)40-46/h3,5,7-11,17-18,27,46H,4,6,12-16,19H2,1-2H3,(H2,37,40)/t27-/m0/s1. The van der Waals surface area contributed by atoms with E-state index in [9.17, 15) is 18.0 Å². The number of rotatable bonds is 8. The quantitative estimate of drug-likeness (QED) is 0.115. The van der Waals surface area contributed by atoms with Crippen LogP contribution in [0.5, 0.6) is 5.75 Å². The van der Waals surface area contributed by atoms with Gasteiger partial charge in [0.25, 0.3) is 5.91 Å². The fourth-order valence-corrected chi connectivity index (χ4v) is 8.88. The van der Waals surface area contributed by atoms with E-state index in [0.29, 0.717) is 35.2 Å². The van der Waals surface area contributed by atoms with Crippen LogP contribution >= 0.6 is 23.2 Å². The average Bonchev–Trinajstić information content (AvgIpc) is 3.62. The molecular weight excluding hydrogens is 705 g/mol. The van der Waals surface area contributed by atoms with Crippen molar-refractivity contribution in [1.29, 1.82) is 0 Å². The van der Waals surface area contributed by atoms with Gasteiger partial charge in [0, 0.05) is 66.2 Å². The number of carbonyl (C=O) groups excluding carboxylic acids is 2. The molecular formula is C34H35Cl2N7O6S. The predicted octanol–water partition coefficient (Wildman–Crippen LogP) is 4.36. The first-order chi connectivity index (χ1) is 23.9. The summed E-state index contributed by atoms with van der Waals surface area (Å²) in [6.45, 7) is 4.87. The molecule has 4 heterocycles. The first-order valence-corrected chi connectivity index (χ1v) is 18.1. The molecule has 2 aliphatic rings. The molecule has 13 nitrogen and oxygen atoms in total. The summed E-state index contributed by atoms with van der Waals surface area (Å²) in [6.07, 6.45) is 2.18. The van der Waals surface area contributed by atoms with E-state index in [2.05, 4.69) is 15.1 Å². The number of nitrogens with zero attached hydrogens (tertiary/aromatic N) is 6. The molecule has 0 saturated carbocycles. The zero-order chi connectivity index (χ0) is 35.7. The number of aromatic nitrogens is 2. The lowest BCUT2D eigenvalue weighted by atomic mass is 10.1. The van der Waals surface area contributed by atoms with Crippen LogP contribution in [0.4, 0.5) is 0 Å². The molecule has 16 heteroatoms. The fourth-order valence-electron chi connectivity index (χ4n) is 6.36. The van der Waals surface area contributed by atoms with E-state index in [1.54, 1.807) is 15.9 Å². The SMILES string of the molecule is Cc1cc(C)c2cccc(OCc3c(Cl)ccc(S(=O)(=O)N4CCC[C@H]4C(=O)N4CCN(C(=O)c5ccc(C(N)=NO)cn5)CC4)c3Cl)c2n1. The minimum atomic E-state index is -4.22. The van der Waals surface area contributed by atoms with Crippen molar-refractivity contribution in [2.24, 2.45) is 10.9 Å². The molecule has 0 spiro atoms. The van der Waals surface area contributed by atoms with Gasteiger partial charge in [0.05, 0.1) is 5.02 Å². The van der Waals surface area contributed by atoms with Gasteiger partial charge >= 0.3 is 0 Å². The molecule has 0 bridgehead atoms. The highest BCUT2D eigenvalue weighted by Crippen LogP contribution is 2.37. The summed E-state index contributed by atoms with van der Waals surface area (Å²) < 4.78 is 35.6. The van der Waals surface area contributed by atoms with Gasteiger partial charge < -0.3 is 25.5 Å². The third-order valence-electron chi connectivity index (χ3n) is 9.00. The number of hydrogen-bond acceptors (Lipinski definition) is 9. The maximum Gasteiger partial charge on any atom is 0.272 e. The number of pyridine rings is 2. The van der Waals surface area contributed by atoms with E-state index in [4.69, 9.17) is 38.9 Å². The van der Waals surface area contributed by atoms with Gasteiger partial charge in [-0.2, -0.15) is 4.31 Å². The summed E-state index contributed by atoms with van der Waals surface area (Å²) in [6, 6.07) is 12.5. The van der Waals surface area contributed by atoms with E-state index in [1.165, 1.54) is 34.8 Å². The van der Waals surface area contributed by atoms with Crippen molar-refractivity contribution >= 4 is 61.8 Å². The summed E-state index contributed by atoms with van der Waals surface area (Å²) in [5.41, 5.74) is 8.97. The van der Waals surface area contributed by atoms with E-state index in [-0.39, 0.29) is 77.6 Å². The number of oxime groups is 1. The molecule has 4 aromatic rings. The van der Waals surface area contributed by atoms with Gasteiger partial charge in [-0.3, -0.25) is 14.6 Å². The Bertz CT molecular complexity index is 2110. The lowest BCUT2D eigenvalue weighted by Gasteiger charge is -2.37. The van der Waals surface area contributed by atoms with Gasteiger partial charge in [-0.15, -0.1) is 0 Å². The van der Waals surface area contributed by atoms with Crippen LogP contribution in [-0.4, -0.2) is 94.1 Å². The minimum Gasteiger partial charge on any atom is -0.487 e. The highest BCUT2D eigenvalue weighted by atomic mass is 35.5. The van der Waals surface area contributed by atoms with Crippen LogP contribution in [0.15, 0.2) is 64.8 Å². The molecule has 2 amide bonds. The smallest absolute Gasteiger partial charge is 0.272 e. The van der Waals surface area contributed by atoms with Crippen LogP contribution in [0, 0.1) is 13.8 Å². The van der Waals surface area contributed by atoms with Gasteiger partial charge in [-0.25, -0.2) is 13.4 Å². The molecule has 2 saturated heterocycles. The first-order valence-electron chi connectivity index (χ1n) is 15.9. The number of piperazine rings is 1. The molecule has 3 N–H and O–H groups in total. The Kier molecular flexibility index (Phi) is 10.2. The first kappa shape index (κ1) is 35.3. The molecule has 0 radical (unpaired) electrons. The minimum absolute atomic E-state index is 0.0729. The maximum absolute atomic E-state index is 14.1. The van der Waals surface area contributed by atoms with Gasteiger partial charge in [0.15, 0.2) is 5.84 Å². The van der Waals surface area contributed by atoms with Crippen LogP contribution in [0.3, 0.4) is 0 Å². The number of ether oxygens (including phenoxy) is 1. The van der Waals surface area contributed by atoms with Crippen molar-refractivity contribution in [2.75, 3.05) is 32.7 Å². The van der Waals surface area contributed by atoms with Crippen LogP contribution in [0.1, 0.15) is 45.7 Å². The van der Waals surface area contributed by atoms with E-state index < -0.39 is 16.1 Å². The van der Waals surface area contributed by atoms with Crippen LogP contribution in [-0.2, 0) is 21.4 Å². The lowest BCUT2D eigenvalue weighted by molar-refractivity contribution is -0.136. The summed E-state index contributed by atoms with van der Waals surface area (Å²) in [7, 11) is -4.22. The molecule has 1 atom stereocenters. The number of nitrogens with two attached hydrogens (primary N) is 1.